The van der Waals surface area contributed by atoms with E-state index >= 15 is 0 Å². The number of hydrogen-bond acceptors (Lipinski definition) is 4. The summed E-state index contributed by atoms with van der Waals surface area (Å²) in [4.78, 5) is 23.1. The van der Waals surface area contributed by atoms with Gasteiger partial charge in [0.05, 0.1) is 12.1 Å². The van der Waals surface area contributed by atoms with Gasteiger partial charge in [-0.2, -0.15) is 5.10 Å². The van der Waals surface area contributed by atoms with Crippen molar-refractivity contribution in [2.75, 3.05) is 13.7 Å². The van der Waals surface area contributed by atoms with Crippen LogP contribution in [0, 0.1) is 0 Å². The summed E-state index contributed by atoms with van der Waals surface area (Å²) in [5, 5.41) is 8.37. The highest BCUT2D eigenvalue weighted by Crippen LogP contribution is 2.39. The van der Waals surface area contributed by atoms with Crippen LogP contribution in [0.5, 0.6) is 0 Å². The summed E-state index contributed by atoms with van der Waals surface area (Å²) in [5.41, 5.74) is 1.66. The Kier molecular flexibility index (Phi) is 3.56. The van der Waals surface area contributed by atoms with Crippen molar-refractivity contribution in [3.8, 4) is 0 Å². The maximum absolute atomic E-state index is 13.4. The Morgan fingerprint density at radius 1 is 1.31 bits per heavy atom. The minimum atomic E-state index is -0.137. The molecular weight excluding hydrogens is 330 g/mol. The summed E-state index contributed by atoms with van der Waals surface area (Å²) in [6.45, 7) is 0.556. The molecule has 0 spiro atoms. The lowest BCUT2D eigenvalue weighted by Gasteiger charge is -2.23. The quantitative estimate of drug-likeness (QED) is 0.757. The van der Waals surface area contributed by atoms with Crippen LogP contribution >= 0.6 is 0 Å². The van der Waals surface area contributed by atoms with Gasteiger partial charge >= 0.3 is 0 Å². The molecule has 7 nitrogen and oxygen atoms in total. The number of benzene rings is 1. The summed E-state index contributed by atoms with van der Waals surface area (Å²) in [6.07, 6.45) is 4.90. The average molecular weight is 351 g/mol. The number of aromatic amines is 2. The number of rotatable bonds is 4. The fourth-order valence-corrected chi connectivity index (χ4v) is 3.84. The van der Waals surface area contributed by atoms with Crippen LogP contribution in [0.2, 0.25) is 0 Å². The van der Waals surface area contributed by atoms with E-state index in [0.717, 1.165) is 41.8 Å². The van der Waals surface area contributed by atoms with Crippen LogP contribution in [0.1, 0.15) is 53.2 Å². The molecule has 2 aromatic heterocycles. The molecule has 0 unspecified atom stereocenters. The molecule has 26 heavy (non-hydrogen) atoms. The summed E-state index contributed by atoms with van der Waals surface area (Å²) in [5.74, 6) is 2.13. The zero-order valence-corrected chi connectivity index (χ0v) is 14.6. The number of amides is 1. The number of nitrogens with zero attached hydrogens (tertiary/aromatic N) is 3. The molecule has 2 N–H and O–H groups in total. The SMILES string of the molecule is CO[C@@H]1C[C@@H](c2nc(C3CC3)n[nH]2)N(C(=O)c2cccc3[nH]ccc23)C1. The average Bonchev–Trinajstić information content (AvgIpc) is 3.09. The zero-order chi connectivity index (χ0) is 17.7. The van der Waals surface area contributed by atoms with Crippen molar-refractivity contribution in [2.24, 2.45) is 0 Å². The Balaban J connectivity index is 1.50. The first-order valence-corrected chi connectivity index (χ1v) is 9.06. The van der Waals surface area contributed by atoms with Crippen molar-refractivity contribution in [1.82, 2.24) is 25.1 Å². The van der Waals surface area contributed by atoms with Gasteiger partial charge in [-0.25, -0.2) is 4.98 Å². The number of H-pyrrole nitrogens is 2. The second-order valence-electron chi connectivity index (χ2n) is 7.16. The highest BCUT2D eigenvalue weighted by molar-refractivity contribution is 6.06. The molecule has 7 heteroatoms. The molecule has 1 amide bonds. The molecule has 1 saturated heterocycles. The smallest absolute Gasteiger partial charge is 0.255 e. The Hall–Kier alpha value is -2.67. The fraction of sp³-hybridized carbons (Fsp3) is 0.421. The van der Waals surface area contributed by atoms with E-state index in [1.165, 1.54) is 0 Å². The number of nitrogens with one attached hydrogen (secondary N) is 2. The Bertz CT molecular complexity index is 958. The number of methoxy groups -OCH3 is 1. The molecule has 1 aromatic carbocycles. The van der Waals surface area contributed by atoms with E-state index in [2.05, 4.69) is 20.2 Å². The van der Waals surface area contributed by atoms with Gasteiger partial charge in [0, 0.05) is 48.7 Å². The molecule has 0 bridgehead atoms. The Labute approximate surface area is 150 Å². The molecule has 1 aliphatic heterocycles. The van der Waals surface area contributed by atoms with Crippen molar-refractivity contribution >= 4 is 16.8 Å². The minimum Gasteiger partial charge on any atom is -0.380 e. The van der Waals surface area contributed by atoms with Gasteiger partial charge in [-0.05, 0) is 31.0 Å². The summed E-state index contributed by atoms with van der Waals surface area (Å²) < 4.78 is 5.56. The number of carbonyl (C=O) groups is 1. The lowest BCUT2D eigenvalue weighted by Crippen LogP contribution is -2.32. The topological polar surface area (TPSA) is 86.9 Å². The molecule has 134 valence electrons. The van der Waals surface area contributed by atoms with Crippen molar-refractivity contribution in [3.05, 3.63) is 47.7 Å². The van der Waals surface area contributed by atoms with Gasteiger partial charge in [-0.15, -0.1) is 0 Å². The van der Waals surface area contributed by atoms with Crippen LogP contribution < -0.4 is 0 Å². The third kappa shape index (κ3) is 2.50. The van der Waals surface area contributed by atoms with Gasteiger partial charge in [-0.3, -0.25) is 9.89 Å². The molecule has 3 aromatic rings. The van der Waals surface area contributed by atoms with Gasteiger partial charge in [0.15, 0.2) is 5.82 Å². The van der Waals surface area contributed by atoms with E-state index in [9.17, 15) is 4.79 Å². The van der Waals surface area contributed by atoms with Crippen LogP contribution in [-0.4, -0.2) is 50.7 Å². The van der Waals surface area contributed by atoms with Crippen LogP contribution in [0.15, 0.2) is 30.5 Å². The molecule has 2 aliphatic rings. The Morgan fingerprint density at radius 2 is 2.19 bits per heavy atom. The van der Waals surface area contributed by atoms with E-state index < -0.39 is 0 Å². The highest BCUT2D eigenvalue weighted by atomic mass is 16.5. The second kappa shape index (κ2) is 5.95. The van der Waals surface area contributed by atoms with E-state index in [0.29, 0.717) is 18.0 Å². The van der Waals surface area contributed by atoms with E-state index in [1.807, 2.05) is 35.4 Å². The standard InChI is InChI=1S/C19H21N5O2/c1-26-12-9-16(18-21-17(22-23-18)11-5-6-11)24(10-12)19(25)14-3-2-4-15-13(14)7-8-20-15/h2-4,7-8,11-12,16,20H,5-6,9-10H2,1H3,(H,21,22,23)/t12-,16+/m1/s1. The number of carbonyl (C=O) groups excluding carboxylic acids is 1. The molecule has 3 heterocycles. The monoisotopic (exact) mass is 351 g/mol. The van der Waals surface area contributed by atoms with Crippen LogP contribution in [-0.2, 0) is 4.74 Å². The first-order valence-electron chi connectivity index (χ1n) is 9.06. The van der Waals surface area contributed by atoms with Gasteiger partial charge in [-0.1, -0.05) is 6.07 Å². The van der Waals surface area contributed by atoms with Gasteiger partial charge < -0.3 is 14.6 Å². The number of ether oxygens (including phenoxy) is 1. The van der Waals surface area contributed by atoms with Crippen LogP contribution in [0.3, 0.4) is 0 Å². The van der Waals surface area contributed by atoms with Crippen molar-refractivity contribution in [1.29, 1.82) is 0 Å². The normalized spacial score (nSPS) is 23.0. The van der Waals surface area contributed by atoms with Gasteiger partial charge in [0.25, 0.3) is 5.91 Å². The predicted molar refractivity (Wildman–Crippen MR) is 95.8 cm³/mol. The fourth-order valence-electron chi connectivity index (χ4n) is 3.84. The van der Waals surface area contributed by atoms with Crippen LogP contribution in [0.4, 0.5) is 0 Å². The molecule has 5 rings (SSSR count). The van der Waals surface area contributed by atoms with Gasteiger partial charge in [0.2, 0.25) is 0 Å². The maximum atomic E-state index is 13.4. The third-order valence-electron chi connectivity index (χ3n) is 5.46. The van der Waals surface area contributed by atoms with Crippen molar-refractivity contribution in [2.45, 2.75) is 37.3 Å². The molecule has 1 saturated carbocycles. The van der Waals surface area contributed by atoms with E-state index in [4.69, 9.17) is 4.74 Å². The molecule has 0 radical (unpaired) electrons. The summed E-state index contributed by atoms with van der Waals surface area (Å²) >= 11 is 0. The molecule has 2 atom stereocenters. The van der Waals surface area contributed by atoms with E-state index in [-0.39, 0.29) is 18.1 Å². The summed E-state index contributed by atoms with van der Waals surface area (Å²) in [6, 6.07) is 7.57. The lowest BCUT2D eigenvalue weighted by molar-refractivity contribution is 0.0686. The Morgan fingerprint density at radius 3 is 3.00 bits per heavy atom. The predicted octanol–water partition coefficient (Wildman–Crippen LogP) is 2.77. The number of aromatic nitrogens is 4. The number of fused-ring (bicyclic) bond motifs is 1. The lowest BCUT2D eigenvalue weighted by atomic mass is 10.1. The maximum Gasteiger partial charge on any atom is 0.255 e. The third-order valence-corrected chi connectivity index (χ3v) is 5.46. The highest BCUT2D eigenvalue weighted by Gasteiger charge is 2.40. The second-order valence-corrected chi connectivity index (χ2v) is 7.16. The summed E-state index contributed by atoms with van der Waals surface area (Å²) in [7, 11) is 1.69. The molecule has 2 fully saturated rings. The molecule has 1 aliphatic carbocycles. The first-order chi connectivity index (χ1) is 12.7. The molecular formula is C19H21N5O2. The number of likely N-dealkylation sites (tertiary alicyclic amines) is 1. The van der Waals surface area contributed by atoms with E-state index in [1.54, 1.807) is 7.11 Å². The van der Waals surface area contributed by atoms with Crippen LogP contribution in [0.25, 0.3) is 10.9 Å². The van der Waals surface area contributed by atoms with Crippen molar-refractivity contribution in [3.63, 3.8) is 0 Å². The largest absolute Gasteiger partial charge is 0.380 e. The number of hydrogen-bond donors (Lipinski definition) is 2. The zero-order valence-electron chi connectivity index (χ0n) is 14.6. The van der Waals surface area contributed by atoms with Gasteiger partial charge in [0.1, 0.15) is 5.82 Å². The minimum absolute atomic E-state index is 0.00357. The van der Waals surface area contributed by atoms with Crippen molar-refractivity contribution < 1.29 is 9.53 Å². The first kappa shape index (κ1) is 15.6.